The van der Waals surface area contributed by atoms with E-state index in [4.69, 9.17) is 14.2 Å². The molecule has 0 radical (unpaired) electrons. The number of hydrogen-bond acceptors (Lipinski definition) is 3. The van der Waals surface area contributed by atoms with E-state index in [0.717, 1.165) is 23.6 Å². The Morgan fingerprint density at radius 3 is 2.65 bits per heavy atom. The van der Waals surface area contributed by atoms with E-state index in [1.165, 1.54) is 0 Å². The van der Waals surface area contributed by atoms with Crippen LogP contribution < -0.4 is 9.30 Å². The summed E-state index contributed by atoms with van der Waals surface area (Å²) in [5, 5.41) is 0. The number of benzene rings is 1. The summed E-state index contributed by atoms with van der Waals surface area (Å²) in [5.74, 6) is 0.892. The number of hydrogen-bond donors (Lipinski definition) is 0. The average Bonchev–Trinajstić information content (AvgIpc) is 3.02. The lowest BCUT2D eigenvalue weighted by atomic mass is 10.2. The van der Waals surface area contributed by atoms with E-state index < -0.39 is 0 Å². The number of para-hydroxylation sites is 1. The number of aromatic nitrogens is 1. The Morgan fingerprint density at radius 1 is 1.10 bits per heavy atom. The van der Waals surface area contributed by atoms with Crippen LogP contribution in [0.4, 0.5) is 0 Å². The Bertz CT molecular complexity index is 579. The standard InChI is InChI=1S/C16H18NO3/c1-18-15-8-3-2-6-13(15)12-17-9-5-4-7-14(17)16-19-10-11-20-16/h2-9,16H,10-12H2,1H3/q+1. The maximum absolute atomic E-state index is 5.60. The van der Waals surface area contributed by atoms with E-state index >= 15 is 0 Å². The molecule has 0 spiro atoms. The zero-order valence-corrected chi connectivity index (χ0v) is 11.5. The topological polar surface area (TPSA) is 31.6 Å². The third-order valence-corrected chi connectivity index (χ3v) is 3.37. The summed E-state index contributed by atoms with van der Waals surface area (Å²) in [6.07, 6.45) is 1.76. The van der Waals surface area contributed by atoms with Gasteiger partial charge in [0.15, 0.2) is 12.7 Å². The van der Waals surface area contributed by atoms with E-state index in [0.29, 0.717) is 13.2 Å². The molecule has 1 aromatic heterocycles. The number of nitrogens with zero attached hydrogens (tertiary/aromatic N) is 1. The molecule has 104 valence electrons. The molecule has 2 heterocycles. The molecule has 1 aromatic carbocycles. The molecule has 0 bridgehead atoms. The van der Waals surface area contributed by atoms with Crippen molar-refractivity contribution < 1.29 is 18.8 Å². The fourth-order valence-corrected chi connectivity index (χ4v) is 2.39. The van der Waals surface area contributed by atoms with Crippen LogP contribution in [-0.2, 0) is 16.0 Å². The second kappa shape index (κ2) is 6.03. The molecule has 1 aliphatic rings. The molecule has 4 nitrogen and oxygen atoms in total. The van der Waals surface area contributed by atoms with E-state index in [1.54, 1.807) is 7.11 Å². The molecular formula is C16H18NO3+. The highest BCUT2D eigenvalue weighted by atomic mass is 16.7. The Balaban J connectivity index is 1.90. The third-order valence-electron chi connectivity index (χ3n) is 3.37. The Labute approximate surface area is 118 Å². The molecule has 4 heteroatoms. The zero-order valence-electron chi connectivity index (χ0n) is 11.5. The summed E-state index contributed by atoms with van der Waals surface area (Å²) >= 11 is 0. The van der Waals surface area contributed by atoms with Gasteiger partial charge >= 0.3 is 0 Å². The predicted octanol–water partition coefficient (Wildman–Crippen LogP) is 2.08. The van der Waals surface area contributed by atoms with Crippen LogP contribution in [0.5, 0.6) is 5.75 Å². The summed E-state index contributed by atoms with van der Waals surface area (Å²) in [6, 6.07) is 14.1. The lowest BCUT2D eigenvalue weighted by Crippen LogP contribution is -2.40. The summed E-state index contributed by atoms with van der Waals surface area (Å²) in [7, 11) is 1.69. The van der Waals surface area contributed by atoms with Crippen LogP contribution in [0.25, 0.3) is 0 Å². The zero-order chi connectivity index (χ0) is 13.8. The van der Waals surface area contributed by atoms with Crippen LogP contribution in [0.2, 0.25) is 0 Å². The normalized spacial score (nSPS) is 15.4. The van der Waals surface area contributed by atoms with Gasteiger partial charge in [-0.15, -0.1) is 0 Å². The lowest BCUT2D eigenvalue weighted by molar-refractivity contribution is -0.701. The molecule has 0 amide bonds. The van der Waals surface area contributed by atoms with Gasteiger partial charge in [0.1, 0.15) is 5.75 Å². The van der Waals surface area contributed by atoms with Crippen molar-refractivity contribution >= 4 is 0 Å². The Hall–Kier alpha value is -1.91. The average molecular weight is 272 g/mol. The monoisotopic (exact) mass is 272 g/mol. The van der Waals surface area contributed by atoms with Gasteiger partial charge in [0.25, 0.3) is 0 Å². The molecule has 0 atom stereocenters. The summed E-state index contributed by atoms with van der Waals surface area (Å²) in [6.45, 7) is 2.02. The van der Waals surface area contributed by atoms with Crippen molar-refractivity contribution in [1.29, 1.82) is 0 Å². The highest BCUT2D eigenvalue weighted by molar-refractivity contribution is 5.32. The first-order valence-corrected chi connectivity index (χ1v) is 6.72. The third kappa shape index (κ3) is 2.66. The van der Waals surface area contributed by atoms with Gasteiger partial charge in [0.05, 0.1) is 25.9 Å². The first-order chi connectivity index (χ1) is 9.88. The molecule has 20 heavy (non-hydrogen) atoms. The van der Waals surface area contributed by atoms with E-state index in [2.05, 4.69) is 10.6 Å². The second-order valence-electron chi connectivity index (χ2n) is 4.64. The lowest BCUT2D eigenvalue weighted by Gasteiger charge is -2.10. The minimum Gasteiger partial charge on any atom is -0.496 e. The number of methoxy groups -OCH3 is 1. The van der Waals surface area contributed by atoms with E-state index in [1.807, 2.05) is 42.6 Å². The summed E-state index contributed by atoms with van der Waals surface area (Å²) in [5.41, 5.74) is 2.15. The van der Waals surface area contributed by atoms with Crippen LogP contribution in [0.1, 0.15) is 17.5 Å². The fourth-order valence-electron chi connectivity index (χ4n) is 2.39. The number of pyridine rings is 1. The summed E-state index contributed by atoms with van der Waals surface area (Å²) < 4.78 is 18.7. The van der Waals surface area contributed by atoms with Crippen molar-refractivity contribution in [3.05, 3.63) is 59.9 Å². The van der Waals surface area contributed by atoms with Crippen molar-refractivity contribution in [2.24, 2.45) is 0 Å². The van der Waals surface area contributed by atoms with E-state index in [9.17, 15) is 0 Å². The molecule has 1 aliphatic heterocycles. The molecule has 1 saturated heterocycles. The number of ether oxygens (including phenoxy) is 3. The highest BCUT2D eigenvalue weighted by Crippen LogP contribution is 2.21. The van der Waals surface area contributed by atoms with Gasteiger partial charge in [-0.2, -0.15) is 4.57 Å². The maximum atomic E-state index is 5.60. The number of rotatable bonds is 4. The molecule has 2 aromatic rings. The molecule has 1 fully saturated rings. The van der Waals surface area contributed by atoms with Crippen molar-refractivity contribution in [1.82, 2.24) is 0 Å². The molecule has 0 unspecified atom stereocenters. The second-order valence-corrected chi connectivity index (χ2v) is 4.64. The Kier molecular flexibility index (Phi) is 3.95. The van der Waals surface area contributed by atoms with Gasteiger partial charge in [-0.05, 0) is 18.2 Å². The van der Waals surface area contributed by atoms with Crippen LogP contribution in [-0.4, -0.2) is 20.3 Å². The molecule has 0 N–H and O–H groups in total. The van der Waals surface area contributed by atoms with Crippen LogP contribution in [0, 0.1) is 0 Å². The molecule has 0 aliphatic carbocycles. The fraction of sp³-hybridized carbons (Fsp3) is 0.312. The predicted molar refractivity (Wildman–Crippen MR) is 73.4 cm³/mol. The van der Waals surface area contributed by atoms with Crippen LogP contribution >= 0.6 is 0 Å². The molecule has 0 saturated carbocycles. The Morgan fingerprint density at radius 2 is 1.85 bits per heavy atom. The van der Waals surface area contributed by atoms with Crippen molar-refractivity contribution in [2.75, 3.05) is 20.3 Å². The first-order valence-electron chi connectivity index (χ1n) is 6.72. The van der Waals surface area contributed by atoms with Crippen molar-refractivity contribution in [3.8, 4) is 5.75 Å². The highest BCUT2D eigenvalue weighted by Gasteiger charge is 2.27. The molecule has 3 rings (SSSR count). The van der Waals surface area contributed by atoms with Gasteiger partial charge in [-0.25, -0.2) is 0 Å². The minimum atomic E-state index is -0.272. The maximum Gasteiger partial charge on any atom is 0.245 e. The van der Waals surface area contributed by atoms with Crippen molar-refractivity contribution in [3.63, 3.8) is 0 Å². The first kappa shape index (κ1) is 13.1. The van der Waals surface area contributed by atoms with Gasteiger partial charge in [0, 0.05) is 12.1 Å². The van der Waals surface area contributed by atoms with Crippen LogP contribution in [0.15, 0.2) is 48.7 Å². The van der Waals surface area contributed by atoms with Crippen LogP contribution in [0.3, 0.4) is 0 Å². The quantitative estimate of drug-likeness (QED) is 0.799. The van der Waals surface area contributed by atoms with Gasteiger partial charge < -0.3 is 14.2 Å². The largest absolute Gasteiger partial charge is 0.496 e. The van der Waals surface area contributed by atoms with Gasteiger partial charge in [-0.1, -0.05) is 12.1 Å². The SMILES string of the molecule is COc1ccccc1C[n+]1ccccc1C1OCCO1. The molecular weight excluding hydrogens is 254 g/mol. The smallest absolute Gasteiger partial charge is 0.245 e. The summed E-state index contributed by atoms with van der Waals surface area (Å²) in [4.78, 5) is 0. The minimum absolute atomic E-state index is 0.272. The van der Waals surface area contributed by atoms with Gasteiger partial charge in [0.2, 0.25) is 12.0 Å². The van der Waals surface area contributed by atoms with Gasteiger partial charge in [-0.3, -0.25) is 0 Å². The van der Waals surface area contributed by atoms with E-state index in [-0.39, 0.29) is 6.29 Å². The van der Waals surface area contributed by atoms with Crippen molar-refractivity contribution in [2.45, 2.75) is 12.8 Å².